The highest BCUT2D eigenvalue weighted by atomic mass is 32.2. The van der Waals surface area contributed by atoms with E-state index in [0.29, 0.717) is 12.2 Å². The van der Waals surface area contributed by atoms with Gasteiger partial charge in [0.05, 0.1) is 12.3 Å². The number of aromatic nitrogens is 1. The minimum Gasteiger partial charge on any atom is -0.379 e. The molecule has 0 fully saturated rings. The largest absolute Gasteiger partial charge is 0.379 e. The van der Waals surface area contributed by atoms with Crippen molar-refractivity contribution in [3.8, 4) is 0 Å². The van der Waals surface area contributed by atoms with Gasteiger partial charge in [0.1, 0.15) is 0 Å². The van der Waals surface area contributed by atoms with Gasteiger partial charge in [-0.25, -0.2) is 8.42 Å². The normalized spacial score (nSPS) is 11.2. The molecule has 3 N–H and O–H groups in total. The lowest BCUT2D eigenvalue weighted by atomic mass is 10.3. The summed E-state index contributed by atoms with van der Waals surface area (Å²) in [7, 11) is -3.21. The highest BCUT2D eigenvalue weighted by Crippen LogP contribution is 2.15. The van der Waals surface area contributed by atoms with E-state index in [4.69, 9.17) is 0 Å². The van der Waals surface area contributed by atoms with E-state index in [1.807, 2.05) is 30.5 Å². The number of hydrogen-bond acceptors (Lipinski definition) is 3. The van der Waals surface area contributed by atoms with Gasteiger partial charge in [-0.3, -0.25) is 4.72 Å². The van der Waals surface area contributed by atoms with Gasteiger partial charge in [-0.1, -0.05) is 0 Å². The molecule has 0 saturated carbocycles. The first-order chi connectivity index (χ1) is 9.09. The topological polar surface area (TPSA) is 74.0 Å². The third-order valence-corrected chi connectivity index (χ3v) is 3.99. The van der Waals surface area contributed by atoms with E-state index >= 15 is 0 Å². The Bertz CT molecular complexity index is 604. The number of nitrogens with one attached hydrogen (secondary N) is 3. The molecule has 0 aliphatic carbocycles. The quantitative estimate of drug-likeness (QED) is 0.760. The third kappa shape index (κ3) is 4.03. The van der Waals surface area contributed by atoms with Crippen LogP contribution in [-0.2, 0) is 16.6 Å². The van der Waals surface area contributed by atoms with E-state index in [1.54, 1.807) is 19.1 Å². The first kappa shape index (κ1) is 13.5. The molecule has 1 aromatic carbocycles. The van der Waals surface area contributed by atoms with Gasteiger partial charge in [-0.15, -0.1) is 0 Å². The average molecular weight is 279 g/mol. The molecule has 1 aromatic heterocycles. The zero-order valence-corrected chi connectivity index (χ0v) is 11.5. The van der Waals surface area contributed by atoms with E-state index in [1.165, 1.54) is 0 Å². The molecule has 0 amide bonds. The highest BCUT2D eigenvalue weighted by Gasteiger charge is 2.06. The Kier molecular flexibility index (Phi) is 4.11. The van der Waals surface area contributed by atoms with Crippen LogP contribution in [0, 0.1) is 0 Å². The Labute approximate surface area is 113 Å². The predicted octanol–water partition coefficient (Wildman–Crippen LogP) is 2.39. The molecular formula is C13H17N3O2S. The standard InChI is InChI=1S/C13H17N3O2S/c1-2-19(17,18)16-12-7-5-11(6-8-12)15-10-13-4-3-9-14-13/h3-9,14-16H,2,10H2,1H3. The summed E-state index contributed by atoms with van der Waals surface area (Å²) < 4.78 is 25.3. The van der Waals surface area contributed by atoms with E-state index in [0.717, 1.165) is 11.4 Å². The van der Waals surface area contributed by atoms with E-state index in [2.05, 4.69) is 15.0 Å². The average Bonchev–Trinajstić information content (AvgIpc) is 2.91. The molecule has 2 rings (SSSR count). The molecule has 0 atom stereocenters. The molecule has 0 bridgehead atoms. The lowest BCUT2D eigenvalue weighted by Crippen LogP contribution is -2.14. The smallest absolute Gasteiger partial charge is 0.232 e. The van der Waals surface area contributed by atoms with Crippen LogP contribution in [0.2, 0.25) is 0 Å². The summed E-state index contributed by atoms with van der Waals surface area (Å²) >= 11 is 0. The van der Waals surface area contributed by atoms with Crippen molar-refractivity contribution in [1.82, 2.24) is 4.98 Å². The van der Waals surface area contributed by atoms with Crippen molar-refractivity contribution in [2.45, 2.75) is 13.5 Å². The molecule has 0 spiro atoms. The molecule has 0 aliphatic heterocycles. The van der Waals surface area contributed by atoms with Crippen LogP contribution in [0.5, 0.6) is 0 Å². The maximum absolute atomic E-state index is 11.4. The Hall–Kier alpha value is -1.95. The summed E-state index contributed by atoms with van der Waals surface area (Å²) in [5.74, 6) is 0.0693. The number of benzene rings is 1. The van der Waals surface area contributed by atoms with Crippen molar-refractivity contribution in [3.63, 3.8) is 0 Å². The molecule has 0 aliphatic rings. The molecular weight excluding hydrogens is 262 g/mol. The Morgan fingerprint density at radius 3 is 2.37 bits per heavy atom. The van der Waals surface area contributed by atoms with Crippen LogP contribution in [0.1, 0.15) is 12.6 Å². The second-order valence-electron chi connectivity index (χ2n) is 4.13. The number of rotatable bonds is 6. The number of anilines is 2. The second-order valence-corrected chi connectivity index (χ2v) is 6.14. The molecule has 1 heterocycles. The zero-order valence-electron chi connectivity index (χ0n) is 10.7. The Balaban J connectivity index is 1.95. The molecule has 102 valence electrons. The summed E-state index contributed by atoms with van der Waals surface area (Å²) in [5.41, 5.74) is 2.61. The predicted molar refractivity (Wildman–Crippen MR) is 77.6 cm³/mol. The van der Waals surface area contributed by atoms with Crippen molar-refractivity contribution < 1.29 is 8.42 Å². The van der Waals surface area contributed by atoms with Gasteiger partial charge in [-0.2, -0.15) is 0 Å². The summed E-state index contributed by atoms with van der Waals surface area (Å²) in [4.78, 5) is 3.10. The molecule has 0 saturated heterocycles. The van der Waals surface area contributed by atoms with Crippen molar-refractivity contribution >= 4 is 21.4 Å². The molecule has 0 unspecified atom stereocenters. The number of H-pyrrole nitrogens is 1. The molecule has 0 radical (unpaired) electrons. The van der Waals surface area contributed by atoms with Crippen LogP contribution in [0.4, 0.5) is 11.4 Å². The number of hydrogen-bond donors (Lipinski definition) is 3. The maximum Gasteiger partial charge on any atom is 0.232 e. The molecule has 2 aromatic rings. The monoisotopic (exact) mass is 279 g/mol. The van der Waals surface area contributed by atoms with Crippen LogP contribution >= 0.6 is 0 Å². The summed E-state index contributed by atoms with van der Waals surface area (Å²) in [5, 5.41) is 3.24. The molecule has 6 heteroatoms. The van der Waals surface area contributed by atoms with Gasteiger partial charge < -0.3 is 10.3 Å². The van der Waals surface area contributed by atoms with Crippen LogP contribution in [0.15, 0.2) is 42.6 Å². The summed E-state index contributed by atoms with van der Waals surface area (Å²) in [6.45, 7) is 2.31. The molecule has 5 nitrogen and oxygen atoms in total. The zero-order chi connectivity index (χ0) is 13.7. The Morgan fingerprint density at radius 1 is 1.11 bits per heavy atom. The van der Waals surface area contributed by atoms with Gasteiger partial charge in [0, 0.05) is 23.3 Å². The fraction of sp³-hybridized carbons (Fsp3) is 0.231. The van der Waals surface area contributed by atoms with Crippen LogP contribution in [-0.4, -0.2) is 19.2 Å². The van der Waals surface area contributed by atoms with Crippen molar-refractivity contribution in [3.05, 3.63) is 48.3 Å². The van der Waals surface area contributed by atoms with Crippen LogP contribution in [0.25, 0.3) is 0 Å². The summed E-state index contributed by atoms with van der Waals surface area (Å²) in [6, 6.07) is 11.1. The number of aromatic amines is 1. The van der Waals surface area contributed by atoms with E-state index in [-0.39, 0.29) is 5.75 Å². The number of sulfonamides is 1. The second kappa shape index (κ2) is 5.79. The van der Waals surface area contributed by atoms with Gasteiger partial charge in [0.2, 0.25) is 10.0 Å². The third-order valence-electron chi connectivity index (χ3n) is 2.68. The van der Waals surface area contributed by atoms with E-state index < -0.39 is 10.0 Å². The first-order valence-corrected chi connectivity index (χ1v) is 7.71. The van der Waals surface area contributed by atoms with Crippen LogP contribution < -0.4 is 10.0 Å². The maximum atomic E-state index is 11.4. The highest BCUT2D eigenvalue weighted by molar-refractivity contribution is 7.92. The Morgan fingerprint density at radius 2 is 1.79 bits per heavy atom. The SMILES string of the molecule is CCS(=O)(=O)Nc1ccc(NCc2ccc[nH]2)cc1. The van der Waals surface area contributed by atoms with Gasteiger partial charge in [-0.05, 0) is 43.3 Å². The minimum absolute atomic E-state index is 0.0693. The lowest BCUT2D eigenvalue weighted by Gasteiger charge is -2.08. The first-order valence-electron chi connectivity index (χ1n) is 6.06. The van der Waals surface area contributed by atoms with E-state index in [9.17, 15) is 8.42 Å². The minimum atomic E-state index is -3.21. The van der Waals surface area contributed by atoms with Crippen molar-refractivity contribution in [1.29, 1.82) is 0 Å². The van der Waals surface area contributed by atoms with Gasteiger partial charge in [0.15, 0.2) is 0 Å². The van der Waals surface area contributed by atoms with Gasteiger partial charge >= 0.3 is 0 Å². The summed E-state index contributed by atoms with van der Waals surface area (Å²) in [6.07, 6.45) is 1.87. The lowest BCUT2D eigenvalue weighted by molar-refractivity contribution is 0.602. The molecule has 19 heavy (non-hydrogen) atoms. The van der Waals surface area contributed by atoms with Crippen molar-refractivity contribution in [2.75, 3.05) is 15.8 Å². The fourth-order valence-electron chi connectivity index (χ4n) is 1.58. The fourth-order valence-corrected chi connectivity index (χ4v) is 2.22. The van der Waals surface area contributed by atoms with Crippen LogP contribution in [0.3, 0.4) is 0 Å². The van der Waals surface area contributed by atoms with Crippen molar-refractivity contribution in [2.24, 2.45) is 0 Å². The van der Waals surface area contributed by atoms with Gasteiger partial charge in [0.25, 0.3) is 0 Å².